The van der Waals surface area contributed by atoms with Crippen LogP contribution in [0.15, 0.2) is 0 Å². The minimum Gasteiger partial charge on any atom is -0.345 e. The SMILES string of the molecule is CCC(C)NC(=O)C(=O)N(CC)CC. The van der Waals surface area contributed by atoms with Crippen molar-refractivity contribution in [2.75, 3.05) is 13.1 Å². The maximum atomic E-state index is 11.5. The van der Waals surface area contributed by atoms with Crippen molar-refractivity contribution in [1.29, 1.82) is 0 Å². The smallest absolute Gasteiger partial charge is 0.311 e. The van der Waals surface area contributed by atoms with Crippen molar-refractivity contribution in [3.63, 3.8) is 0 Å². The fourth-order valence-corrected chi connectivity index (χ4v) is 1.04. The highest BCUT2D eigenvalue weighted by Gasteiger charge is 2.19. The predicted molar refractivity (Wildman–Crippen MR) is 55.8 cm³/mol. The highest BCUT2D eigenvalue weighted by molar-refractivity contribution is 6.35. The second-order valence-electron chi connectivity index (χ2n) is 3.26. The quantitative estimate of drug-likeness (QED) is 0.681. The van der Waals surface area contributed by atoms with E-state index in [9.17, 15) is 9.59 Å². The summed E-state index contributed by atoms with van der Waals surface area (Å²) in [6, 6.07) is 0.0574. The summed E-state index contributed by atoms with van der Waals surface area (Å²) in [4.78, 5) is 24.4. The molecule has 0 aromatic carbocycles. The molecule has 1 N–H and O–H groups in total. The summed E-state index contributed by atoms with van der Waals surface area (Å²) >= 11 is 0. The lowest BCUT2D eigenvalue weighted by Gasteiger charge is -2.19. The standard InChI is InChI=1S/C10H20N2O2/c1-5-8(4)11-9(13)10(14)12(6-2)7-3/h8H,5-7H2,1-4H3,(H,11,13). The average Bonchev–Trinajstić information content (AvgIpc) is 2.19. The van der Waals surface area contributed by atoms with Crippen molar-refractivity contribution in [2.45, 2.75) is 40.2 Å². The summed E-state index contributed by atoms with van der Waals surface area (Å²) in [5.41, 5.74) is 0. The third-order valence-corrected chi connectivity index (χ3v) is 2.23. The second kappa shape index (κ2) is 6.40. The molecular weight excluding hydrogens is 180 g/mol. The zero-order chi connectivity index (χ0) is 11.1. The summed E-state index contributed by atoms with van der Waals surface area (Å²) < 4.78 is 0. The van der Waals surface area contributed by atoms with Gasteiger partial charge in [0.2, 0.25) is 0 Å². The Bertz CT molecular complexity index is 200. The van der Waals surface area contributed by atoms with Crippen LogP contribution < -0.4 is 5.32 Å². The van der Waals surface area contributed by atoms with E-state index in [-0.39, 0.29) is 6.04 Å². The molecule has 0 aliphatic carbocycles. The van der Waals surface area contributed by atoms with Gasteiger partial charge in [-0.1, -0.05) is 6.92 Å². The van der Waals surface area contributed by atoms with Crippen LogP contribution in [0.25, 0.3) is 0 Å². The van der Waals surface area contributed by atoms with Crippen molar-refractivity contribution in [1.82, 2.24) is 10.2 Å². The van der Waals surface area contributed by atoms with Crippen LogP contribution in [0.3, 0.4) is 0 Å². The Morgan fingerprint density at radius 2 is 1.71 bits per heavy atom. The van der Waals surface area contributed by atoms with Crippen molar-refractivity contribution in [3.8, 4) is 0 Å². The molecule has 0 spiro atoms. The van der Waals surface area contributed by atoms with Crippen molar-refractivity contribution >= 4 is 11.8 Å². The van der Waals surface area contributed by atoms with E-state index < -0.39 is 11.8 Å². The summed E-state index contributed by atoms with van der Waals surface area (Å²) in [6.45, 7) is 8.71. The summed E-state index contributed by atoms with van der Waals surface area (Å²) in [5.74, 6) is -0.932. The van der Waals surface area contributed by atoms with E-state index in [4.69, 9.17) is 0 Å². The Balaban J connectivity index is 4.17. The van der Waals surface area contributed by atoms with Gasteiger partial charge in [-0.2, -0.15) is 0 Å². The lowest BCUT2D eigenvalue weighted by Crippen LogP contribution is -2.45. The zero-order valence-electron chi connectivity index (χ0n) is 9.46. The lowest BCUT2D eigenvalue weighted by atomic mass is 10.2. The first-order chi connectivity index (χ1) is 6.56. The first-order valence-corrected chi connectivity index (χ1v) is 5.16. The van der Waals surface area contributed by atoms with Gasteiger partial charge in [0.1, 0.15) is 0 Å². The van der Waals surface area contributed by atoms with E-state index in [0.29, 0.717) is 13.1 Å². The highest BCUT2D eigenvalue weighted by atomic mass is 16.2. The molecule has 0 saturated carbocycles. The molecule has 1 atom stereocenters. The number of carbonyl (C=O) groups excluding carboxylic acids is 2. The third-order valence-electron chi connectivity index (χ3n) is 2.23. The second-order valence-corrected chi connectivity index (χ2v) is 3.26. The Hall–Kier alpha value is -1.06. The van der Waals surface area contributed by atoms with Crippen molar-refractivity contribution < 1.29 is 9.59 Å². The Morgan fingerprint density at radius 1 is 1.21 bits per heavy atom. The van der Waals surface area contributed by atoms with Gasteiger partial charge in [0.25, 0.3) is 0 Å². The molecule has 0 saturated heterocycles. The first-order valence-electron chi connectivity index (χ1n) is 5.16. The van der Waals surface area contributed by atoms with Gasteiger partial charge >= 0.3 is 11.8 Å². The molecule has 82 valence electrons. The molecule has 14 heavy (non-hydrogen) atoms. The van der Waals surface area contributed by atoms with E-state index in [0.717, 1.165) is 6.42 Å². The van der Waals surface area contributed by atoms with E-state index >= 15 is 0 Å². The van der Waals surface area contributed by atoms with Crippen LogP contribution in [0.2, 0.25) is 0 Å². The molecule has 0 aromatic heterocycles. The number of hydrogen-bond donors (Lipinski definition) is 1. The summed E-state index contributed by atoms with van der Waals surface area (Å²) in [6.07, 6.45) is 0.831. The summed E-state index contributed by atoms with van der Waals surface area (Å²) in [5, 5.41) is 2.65. The van der Waals surface area contributed by atoms with E-state index in [1.165, 1.54) is 4.90 Å². The van der Waals surface area contributed by atoms with Crippen LogP contribution in [-0.4, -0.2) is 35.8 Å². The van der Waals surface area contributed by atoms with Crippen LogP contribution in [0.5, 0.6) is 0 Å². The maximum absolute atomic E-state index is 11.5. The van der Waals surface area contributed by atoms with Gasteiger partial charge < -0.3 is 10.2 Å². The van der Waals surface area contributed by atoms with Crippen LogP contribution in [0, 0.1) is 0 Å². The molecule has 0 aliphatic rings. The van der Waals surface area contributed by atoms with E-state index in [1.807, 2.05) is 27.7 Å². The Labute approximate surface area is 85.7 Å². The molecule has 0 heterocycles. The van der Waals surface area contributed by atoms with Crippen LogP contribution in [-0.2, 0) is 9.59 Å². The molecule has 0 radical (unpaired) electrons. The van der Waals surface area contributed by atoms with Gasteiger partial charge in [0.05, 0.1) is 0 Å². The molecule has 4 nitrogen and oxygen atoms in total. The van der Waals surface area contributed by atoms with Crippen LogP contribution >= 0.6 is 0 Å². The monoisotopic (exact) mass is 200 g/mol. The first kappa shape index (κ1) is 12.9. The van der Waals surface area contributed by atoms with Crippen molar-refractivity contribution in [2.24, 2.45) is 0 Å². The predicted octanol–water partition coefficient (Wildman–Crippen LogP) is 0.769. The number of carbonyl (C=O) groups is 2. The van der Waals surface area contributed by atoms with Crippen LogP contribution in [0.4, 0.5) is 0 Å². The molecular formula is C10H20N2O2. The molecule has 0 fully saturated rings. The largest absolute Gasteiger partial charge is 0.345 e. The van der Waals surface area contributed by atoms with Crippen LogP contribution in [0.1, 0.15) is 34.1 Å². The number of likely N-dealkylation sites (N-methyl/N-ethyl adjacent to an activating group) is 1. The maximum Gasteiger partial charge on any atom is 0.311 e. The number of amides is 2. The lowest BCUT2D eigenvalue weighted by molar-refractivity contribution is -0.145. The minimum atomic E-state index is -0.497. The topological polar surface area (TPSA) is 49.4 Å². The fraction of sp³-hybridized carbons (Fsp3) is 0.800. The van der Waals surface area contributed by atoms with E-state index in [1.54, 1.807) is 0 Å². The molecule has 2 amide bonds. The fourth-order valence-electron chi connectivity index (χ4n) is 1.04. The third kappa shape index (κ3) is 3.77. The molecule has 4 heteroatoms. The zero-order valence-corrected chi connectivity index (χ0v) is 9.46. The molecule has 0 aliphatic heterocycles. The normalized spacial score (nSPS) is 12.0. The molecule has 0 aromatic rings. The van der Waals surface area contributed by atoms with Gasteiger partial charge in [-0.15, -0.1) is 0 Å². The van der Waals surface area contributed by atoms with Gasteiger partial charge in [0.15, 0.2) is 0 Å². The molecule has 0 rings (SSSR count). The number of hydrogen-bond acceptors (Lipinski definition) is 2. The Morgan fingerprint density at radius 3 is 2.07 bits per heavy atom. The van der Waals surface area contributed by atoms with Gasteiger partial charge in [0, 0.05) is 19.1 Å². The molecule has 1 unspecified atom stereocenters. The van der Waals surface area contributed by atoms with Gasteiger partial charge in [-0.05, 0) is 27.2 Å². The number of nitrogens with zero attached hydrogens (tertiary/aromatic N) is 1. The highest BCUT2D eigenvalue weighted by Crippen LogP contribution is 1.92. The van der Waals surface area contributed by atoms with Gasteiger partial charge in [-0.3, -0.25) is 9.59 Å². The molecule has 0 bridgehead atoms. The summed E-state index contributed by atoms with van der Waals surface area (Å²) in [7, 11) is 0. The van der Waals surface area contributed by atoms with Crippen molar-refractivity contribution in [3.05, 3.63) is 0 Å². The average molecular weight is 200 g/mol. The number of nitrogens with one attached hydrogen (secondary N) is 1. The minimum absolute atomic E-state index is 0.0574. The van der Waals surface area contributed by atoms with E-state index in [2.05, 4.69) is 5.32 Å². The number of rotatable bonds is 4. The van der Waals surface area contributed by atoms with Gasteiger partial charge in [-0.25, -0.2) is 0 Å². The Kier molecular flexibility index (Phi) is 5.92.